The monoisotopic (exact) mass is 389 g/mol. The van der Waals surface area contributed by atoms with Crippen LogP contribution < -0.4 is 5.32 Å². The van der Waals surface area contributed by atoms with Crippen molar-refractivity contribution in [3.05, 3.63) is 58.7 Å². The number of aliphatic hydroxyl groups excluding tert-OH is 1. The van der Waals surface area contributed by atoms with Gasteiger partial charge >= 0.3 is 0 Å². The maximum absolute atomic E-state index is 12.3. The predicted molar refractivity (Wildman–Crippen MR) is 97.9 cm³/mol. The maximum Gasteiger partial charge on any atom is 0.270 e. The fraction of sp³-hybridized carbons (Fsp3) is 0.118. The first-order chi connectivity index (χ1) is 12.6. The van der Waals surface area contributed by atoms with E-state index in [-0.39, 0.29) is 30.0 Å². The Kier molecular flexibility index (Phi) is 5.72. The first kappa shape index (κ1) is 18.2. The molecule has 3 rings (SSSR count). The van der Waals surface area contributed by atoms with Crippen LogP contribution >= 0.6 is 23.2 Å². The van der Waals surface area contributed by atoms with Crippen LogP contribution in [0.2, 0.25) is 10.3 Å². The topological polar surface area (TPSA) is 101 Å². The predicted octanol–water partition coefficient (Wildman–Crippen LogP) is 2.63. The number of nitrogens with one attached hydrogen (secondary N) is 1. The molecule has 0 fully saturated rings. The molecule has 3 aromatic rings. The zero-order valence-electron chi connectivity index (χ0n) is 13.4. The average Bonchev–Trinajstić information content (AvgIpc) is 2.67. The van der Waals surface area contributed by atoms with Gasteiger partial charge < -0.3 is 10.4 Å². The molecule has 2 N–H and O–H groups in total. The third-order valence-corrected chi connectivity index (χ3v) is 3.82. The van der Waals surface area contributed by atoms with Crippen molar-refractivity contribution >= 4 is 29.1 Å². The van der Waals surface area contributed by atoms with Gasteiger partial charge in [-0.15, -0.1) is 0 Å². The Hall–Kier alpha value is -2.61. The average molecular weight is 390 g/mol. The lowest BCUT2D eigenvalue weighted by atomic mass is 10.1. The van der Waals surface area contributed by atoms with Crippen LogP contribution in [0.5, 0.6) is 0 Å². The number of hydrogen-bond donors (Lipinski definition) is 2. The third-order valence-electron chi connectivity index (χ3n) is 3.37. The third kappa shape index (κ3) is 4.32. The molecule has 0 atom stereocenters. The van der Waals surface area contributed by atoms with E-state index in [0.29, 0.717) is 16.3 Å². The van der Waals surface area contributed by atoms with Crippen LogP contribution in [0, 0.1) is 0 Å². The molecule has 7 nitrogen and oxygen atoms in total. The summed E-state index contributed by atoms with van der Waals surface area (Å²) in [5.41, 5.74) is 1.98. The highest BCUT2D eigenvalue weighted by Crippen LogP contribution is 2.23. The number of amides is 1. The Bertz CT molecular complexity index is 854. The maximum atomic E-state index is 12.3. The molecule has 0 aliphatic carbocycles. The van der Waals surface area contributed by atoms with Gasteiger partial charge in [-0.3, -0.25) is 4.79 Å². The van der Waals surface area contributed by atoms with Crippen LogP contribution in [0.4, 0.5) is 0 Å². The SMILES string of the molecule is O=C(NCCO)c1cc(-c2ccc(Cl)cc2)nc(-c2cnc(Cl)nc2)n1. The number of halogens is 2. The molecule has 2 aromatic heterocycles. The molecule has 0 bridgehead atoms. The van der Waals surface area contributed by atoms with E-state index in [9.17, 15) is 4.79 Å². The Morgan fingerprint density at radius 3 is 2.38 bits per heavy atom. The minimum atomic E-state index is -0.423. The molecule has 1 amide bonds. The quantitative estimate of drug-likeness (QED) is 0.650. The molecule has 9 heteroatoms. The summed E-state index contributed by atoms with van der Waals surface area (Å²) < 4.78 is 0. The van der Waals surface area contributed by atoms with E-state index in [1.165, 1.54) is 12.4 Å². The zero-order chi connectivity index (χ0) is 18.5. The molecular weight excluding hydrogens is 377 g/mol. The van der Waals surface area contributed by atoms with Crippen LogP contribution in [0.3, 0.4) is 0 Å². The molecule has 132 valence electrons. The van der Waals surface area contributed by atoms with Crippen molar-refractivity contribution in [2.45, 2.75) is 0 Å². The lowest BCUT2D eigenvalue weighted by Crippen LogP contribution is -2.27. The van der Waals surface area contributed by atoms with Gasteiger partial charge in [-0.05, 0) is 29.8 Å². The van der Waals surface area contributed by atoms with Crippen LogP contribution in [-0.2, 0) is 0 Å². The highest BCUT2D eigenvalue weighted by Gasteiger charge is 2.14. The molecule has 0 aliphatic heterocycles. The van der Waals surface area contributed by atoms with E-state index in [2.05, 4.69) is 25.3 Å². The fourth-order valence-electron chi connectivity index (χ4n) is 2.15. The highest BCUT2D eigenvalue weighted by atomic mass is 35.5. The van der Waals surface area contributed by atoms with Crippen molar-refractivity contribution in [3.63, 3.8) is 0 Å². The molecular formula is C17H13Cl2N5O2. The van der Waals surface area contributed by atoms with Gasteiger partial charge in [0.1, 0.15) is 5.69 Å². The molecule has 0 aliphatic rings. The fourth-order valence-corrected chi connectivity index (χ4v) is 2.37. The van der Waals surface area contributed by atoms with Crippen molar-refractivity contribution in [1.29, 1.82) is 0 Å². The van der Waals surface area contributed by atoms with Crippen molar-refractivity contribution < 1.29 is 9.90 Å². The van der Waals surface area contributed by atoms with Crippen LogP contribution in [0.1, 0.15) is 10.5 Å². The van der Waals surface area contributed by atoms with E-state index >= 15 is 0 Å². The first-order valence-electron chi connectivity index (χ1n) is 7.59. The van der Waals surface area contributed by atoms with Gasteiger partial charge in [0, 0.05) is 29.5 Å². The summed E-state index contributed by atoms with van der Waals surface area (Å²) in [6.45, 7) is -0.0444. The second-order valence-corrected chi connectivity index (χ2v) is 5.96. The second-order valence-electron chi connectivity index (χ2n) is 5.19. The van der Waals surface area contributed by atoms with Crippen molar-refractivity contribution in [1.82, 2.24) is 25.3 Å². The van der Waals surface area contributed by atoms with E-state index in [1.54, 1.807) is 30.3 Å². The summed E-state index contributed by atoms with van der Waals surface area (Å²) in [5, 5.41) is 12.2. The first-order valence-corrected chi connectivity index (χ1v) is 8.34. The normalized spacial score (nSPS) is 10.6. The highest BCUT2D eigenvalue weighted by molar-refractivity contribution is 6.30. The number of rotatable bonds is 5. The minimum absolute atomic E-state index is 0.100. The Balaban J connectivity index is 2.08. The largest absolute Gasteiger partial charge is 0.395 e. The molecule has 1 aromatic carbocycles. The molecule has 0 saturated heterocycles. The zero-order valence-corrected chi connectivity index (χ0v) is 14.9. The van der Waals surface area contributed by atoms with Crippen LogP contribution in [0.15, 0.2) is 42.7 Å². The lowest BCUT2D eigenvalue weighted by molar-refractivity contribution is 0.0940. The Morgan fingerprint density at radius 2 is 1.73 bits per heavy atom. The molecule has 0 spiro atoms. The Labute approximate surface area is 159 Å². The Morgan fingerprint density at radius 1 is 1.04 bits per heavy atom. The summed E-state index contributed by atoms with van der Waals surface area (Å²) in [6.07, 6.45) is 2.96. The van der Waals surface area contributed by atoms with Crippen molar-refractivity contribution in [2.24, 2.45) is 0 Å². The summed E-state index contributed by atoms with van der Waals surface area (Å²) in [7, 11) is 0. The van der Waals surface area contributed by atoms with Crippen molar-refractivity contribution in [2.75, 3.05) is 13.2 Å². The van der Waals surface area contributed by atoms with Crippen LogP contribution in [0.25, 0.3) is 22.6 Å². The lowest BCUT2D eigenvalue weighted by Gasteiger charge is -2.09. The molecule has 2 heterocycles. The number of aromatic nitrogens is 4. The standard InChI is InChI=1S/C17H13Cl2N5O2/c18-12-3-1-10(2-4-12)13-7-14(16(26)20-5-6-25)24-15(23-13)11-8-21-17(19)22-9-11/h1-4,7-9,25H,5-6H2,(H,20,26). The van der Waals surface area contributed by atoms with E-state index in [4.69, 9.17) is 28.3 Å². The molecule has 0 unspecified atom stereocenters. The molecule has 0 radical (unpaired) electrons. The summed E-state index contributed by atoms with van der Waals surface area (Å²) >= 11 is 11.6. The van der Waals surface area contributed by atoms with Gasteiger partial charge in [-0.25, -0.2) is 19.9 Å². The van der Waals surface area contributed by atoms with E-state index < -0.39 is 5.91 Å². The molecule has 26 heavy (non-hydrogen) atoms. The smallest absolute Gasteiger partial charge is 0.270 e. The van der Waals surface area contributed by atoms with Crippen LogP contribution in [-0.4, -0.2) is 44.1 Å². The summed E-state index contributed by atoms with van der Waals surface area (Å²) in [6, 6.07) is 8.62. The van der Waals surface area contributed by atoms with E-state index in [0.717, 1.165) is 5.56 Å². The van der Waals surface area contributed by atoms with Gasteiger partial charge in [0.2, 0.25) is 5.28 Å². The number of benzene rings is 1. The number of carbonyl (C=O) groups is 1. The second kappa shape index (κ2) is 8.18. The number of carbonyl (C=O) groups excluding carboxylic acids is 1. The minimum Gasteiger partial charge on any atom is -0.395 e. The number of aliphatic hydroxyl groups is 1. The van der Waals surface area contributed by atoms with Crippen molar-refractivity contribution in [3.8, 4) is 22.6 Å². The molecule has 0 saturated carbocycles. The van der Waals surface area contributed by atoms with Gasteiger partial charge in [-0.2, -0.15) is 0 Å². The summed E-state index contributed by atoms with van der Waals surface area (Å²) in [4.78, 5) is 28.9. The van der Waals surface area contributed by atoms with Gasteiger partial charge in [0.05, 0.1) is 17.9 Å². The number of nitrogens with zero attached hydrogens (tertiary/aromatic N) is 4. The van der Waals surface area contributed by atoms with E-state index in [1.807, 2.05) is 0 Å². The number of hydrogen-bond acceptors (Lipinski definition) is 6. The van der Waals surface area contributed by atoms with Gasteiger partial charge in [0.25, 0.3) is 5.91 Å². The van der Waals surface area contributed by atoms with Gasteiger partial charge in [-0.1, -0.05) is 23.7 Å². The summed E-state index contributed by atoms with van der Waals surface area (Å²) in [5.74, 6) is -0.143. The van der Waals surface area contributed by atoms with Gasteiger partial charge in [0.15, 0.2) is 5.82 Å².